The van der Waals surface area contributed by atoms with E-state index >= 15 is 0 Å². The van der Waals surface area contributed by atoms with Crippen LogP contribution in [0.25, 0.3) is 11.1 Å². The topological polar surface area (TPSA) is 44.0 Å². The van der Waals surface area contributed by atoms with Gasteiger partial charge in [0, 0.05) is 10.6 Å². The lowest BCUT2D eigenvalue weighted by molar-refractivity contribution is 0.475. The van der Waals surface area contributed by atoms with Crippen LogP contribution >= 0.6 is 11.6 Å². The highest BCUT2D eigenvalue weighted by Crippen LogP contribution is 2.30. The fourth-order valence-corrected chi connectivity index (χ4v) is 1.78. The molecule has 2 aromatic rings. The molecule has 0 saturated heterocycles. The van der Waals surface area contributed by atoms with Crippen molar-refractivity contribution in [3.63, 3.8) is 0 Å². The summed E-state index contributed by atoms with van der Waals surface area (Å²) in [5.74, 6) is -0.514. The van der Waals surface area contributed by atoms with Crippen LogP contribution in [-0.2, 0) is 0 Å². The van der Waals surface area contributed by atoms with E-state index in [0.717, 1.165) is 0 Å². The zero-order valence-corrected chi connectivity index (χ0v) is 9.37. The van der Waals surface area contributed by atoms with Gasteiger partial charge in [0.1, 0.15) is 11.6 Å². The molecule has 1 N–H and O–H groups in total. The Morgan fingerprint density at radius 1 is 1.18 bits per heavy atom. The molecule has 0 heterocycles. The smallest absolute Gasteiger partial charge is 0.131 e. The molecular formula is C13H7ClFNO. The van der Waals surface area contributed by atoms with Crippen molar-refractivity contribution in [3.05, 3.63) is 52.8 Å². The summed E-state index contributed by atoms with van der Waals surface area (Å²) in [5, 5.41) is 18.5. The van der Waals surface area contributed by atoms with Crippen molar-refractivity contribution in [2.75, 3.05) is 0 Å². The van der Waals surface area contributed by atoms with Crippen LogP contribution in [0.1, 0.15) is 5.56 Å². The first-order valence-electron chi connectivity index (χ1n) is 4.80. The summed E-state index contributed by atoms with van der Waals surface area (Å²) >= 11 is 5.78. The number of benzene rings is 2. The Balaban J connectivity index is 2.63. The van der Waals surface area contributed by atoms with Crippen LogP contribution < -0.4 is 0 Å². The number of phenolic OH excluding ortho intramolecular Hbond substituents is 1. The molecule has 0 fully saturated rings. The third-order valence-electron chi connectivity index (χ3n) is 2.29. The van der Waals surface area contributed by atoms with Gasteiger partial charge < -0.3 is 5.11 Å². The van der Waals surface area contributed by atoms with Gasteiger partial charge >= 0.3 is 0 Å². The normalized spacial score (nSPS) is 9.94. The first kappa shape index (κ1) is 11.4. The van der Waals surface area contributed by atoms with E-state index in [0.29, 0.717) is 16.1 Å². The molecule has 0 atom stereocenters. The van der Waals surface area contributed by atoms with Gasteiger partial charge in [0.2, 0.25) is 0 Å². The Morgan fingerprint density at radius 2 is 1.94 bits per heavy atom. The SMILES string of the molecule is N#Cc1ccc(F)c(-c2cc(O)cc(Cl)c2)c1. The molecule has 2 nitrogen and oxygen atoms in total. The van der Waals surface area contributed by atoms with Crippen molar-refractivity contribution in [1.82, 2.24) is 0 Å². The summed E-state index contributed by atoms with van der Waals surface area (Å²) in [5.41, 5.74) is 1.02. The summed E-state index contributed by atoms with van der Waals surface area (Å²) in [6.45, 7) is 0. The molecule has 2 rings (SSSR count). The number of nitrogens with zero attached hydrogens (tertiary/aromatic N) is 1. The number of halogens is 2. The summed E-state index contributed by atoms with van der Waals surface area (Å²) in [6.07, 6.45) is 0. The second-order valence-electron chi connectivity index (χ2n) is 3.50. The first-order chi connectivity index (χ1) is 8.10. The number of hydrogen-bond acceptors (Lipinski definition) is 2. The fraction of sp³-hybridized carbons (Fsp3) is 0. The van der Waals surface area contributed by atoms with Crippen LogP contribution in [-0.4, -0.2) is 5.11 Å². The Morgan fingerprint density at radius 3 is 2.59 bits per heavy atom. The van der Waals surface area contributed by atoms with Crippen LogP contribution in [0.15, 0.2) is 36.4 Å². The predicted molar refractivity (Wildman–Crippen MR) is 63.2 cm³/mol. The summed E-state index contributed by atoms with van der Waals surface area (Å²) in [7, 11) is 0. The molecule has 17 heavy (non-hydrogen) atoms. The Hall–Kier alpha value is -2.05. The van der Waals surface area contributed by atoms with E-state index in [-0.39, 0.29) is 11.3 Å². The molecule has 0 spiro atoms. The molecule has 0 aliphatic heterocycles. The maximum Gasteiger partial charge on any atom is 0.131 e. The molecule has 0 aliphatic carbocycles. The predicted octanol–water partition coefficient (Wildman–Crippen LogP) is 3.72. The molecule has 0 aliphatic rings. The molecule has 0 radical (unpaired) electrons. The van der Waals surface area contributed by atoms with Crippen molar-refractivity contribution < 1.29 is 9.50 Å². The minimum atomic E-state index is -0.467. The number of aromatic hydroxyl groups is 1. The van der Waals surface area contributed by atoms with Gasteiger partial charge in [-0.25, -0.2) is 4.39 Å². The quantitative estimate of drug-likeness (QED) is 0.835. The van der Waals surface area contributed by atoms with E-state index in [9.17, 15) is 9.50 Å². The number of phenols is 1. The first-order valence-corrected chi connectivity index (χ1v) is 5.17. The zero-order valence-electron chi connectivity index (χ0n) is 8.61. The average Bonchev–Trinajstić information content (AvgIpc) is 2.28. The van der Waals surface area contributed by atoms with Gasteiger partial charge in [-0.15, -0.1) is 0 Å². The van der Waals surface area contributed by atoms with Gasteiger partial charge in [0.05, 0.1) is 11.6 Å². The number of hydrogen-bond donors (Lipinski definition) is 1. The molecule has 4 heteroatoms. The highest BCUT2D eigenvalue weighted by Gasteiger charge is 2.08. The van der Waals surface area contributed by atoms with Gasteiger partial charge in [-0.2, -0.15) is 5.26 Å². The van der Waals surface area contributed by atoms with E-state index in [2.05, 4.69) is 0 Å². The second kappa shape index (κ2) is 4.44. The van der Waals surface area contributed by atoms with Crippen LogP contribution in [0, 0.1) is 17.1 Å². The monoisotopic (exact) mass is 247 g/mol. The van der Waals surface area contributed by atoms with Gasteiger partial charge in [-0.1, -0.05) is 11.6 Å². The highest BCUT2D eigenvalue weighted by molar-refractivity contribution is 6.31. The standard InChI is InChI=1S/C13H7ClFNO/c14-10-4-9(5-11(17)6-10)12-3-8(7-16)1-2-13(12)15/h1-6,17H. The van der Waals surface area contributed by atoms with E-state index in [1.165, 1.54) is 36.4 Å². The Labute approximate surface area is 103 Å². The summed E-state index contributed by atoms with van der Waals surface area (Å²) in [4.78, 5) is 0. The molecule has 2 aromatic carbocycles. The van der Waals surface area contributed by atoms with Crippen molar-refractivity contribution in [1.29, 1.82) is 5.26 Å². The van der Waals surface area contributed by atoms with Crippen LogP contribution in [0.4, 0.5) is 4.39 Å². The van der Waals surface area contributed by atoms with E-state index in [1.54, 1.807) is 0 Å². The lowest BCUT2D eigenvalue weighted by Gasteiger charge is -2.05. The zero-order chi connectivity index (χ0) is 12.4. The van der Waals surface area contributed by atoms with Gasteiger partial charge in [-0.3, -0.25) is 0 Å². The molecule has 0 unspecified atom stereocenters. The van der Waals surface area contributed by atoms with Crippen LogP contribution in [0.2, 0.25) is 5.02 Å². The Kier molecular flexibility index (Phi) is 2.99. The minimum Gasteiger partial charge on any atom is -0.508 e. The van der Waals surface area contributed by atoms with Gasteiger partial charge in [0.15, 0.2) is 0 Å². The highest BCUT2D eigenvalue weighted by atomic mass is 35.5. The lowest BCUT2D eigenvalue weighted by atomic mass is 10.0. The largest absolute Gasteiger partial charge is 0.508 e. The molecular weight excluding hydrogens is 241 g/mol. The van der Waals surface area contributed by atoms with E-state index < -0.39 is 5.82 Å². The van der Waals surface area contributed by atoms with Crippen LogP contribution in [0.5, 0.6) is 5.75 Å². The van der Waals surface area contributed by atoms with Crippen molar-refractivity contribution >= 4 is 11.6 Å². The number of rotatable bonds is 1. The number of nitriles is 1. The third kappa shape index (κ3) is 2.38. The Bertz CT molecular complexity index is 599. The minimum absolute atomic E-state index is 0.0470. The molecule has 0 saturated carbocycles. The summed E-state index contributed by atoms with van der Waals surface area (Å²) < 4.78 is 13.6. The molecule has 0 amide bonds. The van der Waals surface area contributed by atoms with Crippen molar-refractivity contribution in [3.8, 4) is 22.9 Å². The summed E-state index contributed by atoms with van der Waals surface area (Å²) in [6, 6.07) is 10.2. The molecule has 0 bridgehead atoms. The maximum absolute atomic E-state index is 13.6. The van der Waals surface area contributed by atoms with E-state index in [1.807, 2.05) is 6.07 Å². The van der Waals surface area contributed by atoms with Crippen LogP contribution in [0.3, 0.4) is 0 Å². The average molecular weight is 248 g/mol. The lowest BCUT2D eigenvalue weighted by Crippen LogP contribution is -1.86. The molecule has 0 aromatic heterocycles. The maximum atomic E-state index is 13.6. The van der Waals surface area contributed by atoms with Gasteiger partial charge in [-0.05, 0) is 42.0 Å². The molecule has 84 valence electrons. The van der Waals surface area contributed by atoms with Crippen molar-refractivity contribution in [2.45, 2.75) is 0 Å². The van der Waals surface area contributed by atoms with E-state index in [4.69, 9.17) is 16.9 Å². The van der Waals surface area contributed by atoms with Gasteiger partial charge in [0.25, 0.3) is 0 Å². The third-order valence-corrected chi connectivity index (χ3v) is 2.51. The van der Waals surface area contributed by atoms with Crippen molar-refractivity contribution in [2.24, 2.45) is 0 Å². The second-order valence-corrected chi connectivity index (χ2v) is 3.94. The fourth-order valence-electron chi connectivity index (χ4n) is 1.55.